The lowest BCUT2D eigenvalue weighted by Gasteiger charge is -2.45. The lowest BCUT2D eigenvalue weighted by atomic mass is 9.76. The zero-order valence-electron chi connectivity index (χ0n) is 10.3. The zero-order valence-corrected chi connectivity index (χ0v) is 10.3. The fourth-order valence-electron chi connectivity index (χ4n) is 3.74. The second kappa shape index (κ2) is 4.84. The van der Waals surface area contributed by atoms with E-state index in [0.717, 1.165) is 11.8 Å². The summed E-state index contributed by atoms with van der Waals surface area (Å²) in [6.07, 6.45) is 6.78. The summed E-state index contributed by atoms with van der Waals surface area (Å²) in [5.74, 6) is 1.62. The Morgan fingerprint density at radius 3 is 2.27 bits per heavy atom. The average Bonchev–Trinajstić information content (AvgIpc) is 2.17. The summed E-state index contributed by atoms with van der Waals surface area (Å²) < 4.78 is 0. The Morgan fingerprint density at radius 1 is 1.00 bits per heavy atom. The Bertz CT molecular complexity index is 187. The Kier molecular flexibility index (Phi) is 3.68. The monoisotopic (exact) mass is 210 g/mol. The van der Waals surface area contributed by atoms with Gasteiger partial charge < -0.3 is 5.73 Å². The third-order valence-corrected chi connectivity index (χ3v) is 4.28. The van der Waals surface area contributed by atoms with Crippen LogP contribution in [0.15, 0.2) is 0 Å². The van der Waals surface area contributed by atoms with Gasteiger partial charge in [0.15, 0.2) is 0 Å². The van der Waals surface area contributed by atoms with E-state index in [9.17, 15) is 0 Å². The van der Waals surface area contributed by atoms with Crippen molar-refractivity contribution in [2.45, 2.75) is 58.0 Å². The van der Waals surface area contributed by atoms with E-state index in [1.165, 1.54) is 45.2 Å². The molecule has 1 saturated heterocycles. The maximum atomic E-state index is 6.35. The van der Waals surface area contributed by atoms with Crippen LogP contribution in [0.5, 0.6) is 0 Å². The molecule has 15 heavy (non-hydrogen) atoms. The SMILES string of the molecule is CC1CC(C)C(N2CCCCC2)C(N)C1. The second-order valence-electron chi connectivity index (χ2n) is 5.80. The minimum absolute atomic E-state index is 0.418. The predicted octanol–water partition coefficient (Wildman–Crippen LogP) is 2.23. The number of rotatable bonds is 1. The number of piperidine rings is 1. The van der Waals surface area contributed by atoms with Gasteiger partial charge in [-0.3, -0.25) is 4.90 Å². The first-order valence-corrected chi connectivity index (χ1v) is 6.68. The highest BCUT2D eigenvalue weighted by Crippen LogP contribution is 2.32. The molecule has 4 atom stereocenters. The van der Waals surface area contributed by atoms with Crippen LogP contribution in [-0.2, 0) is 0 Å². The first kappa shape index (κ1) is 11.4. The van der Waals surface area contributed by atoms with Gasteiger partial charge >= 0.3 is 0 Å². The van der Waals surface area contributed by atoms with Gasteiger partial charge in [0.1, 0.15) is 0 Å². The van der Waals surface area contributed by atoms with Gasteiger partial charge in [-0.15, -0.1) is 0 Å². The Labute approximate surface area is 94.2 Å². The third kappa shape index (κ3) is 2.54. The van der Waals surface area contributed by atoms with Gasteiger partial charge in [-0.1, -0.05) is 20.3 Å². The van der Waals surface area contributed by atoms with Crippen molar-refractivity contribution in [3.8, 4) is 0 Å². The van der Waals surface area contributed by atoms with E-state index in [-0.39, 0.29) is 0 Å². The van der Waals surface area contributed by atoms with E-state index in [1.807, 2.05) is 0 Å². The third-order valence-electron chi connectivity index (χ3n) is 4.28. The van der Waals surface area contributed by atoms with Crippen LogP contribution in [0.1, 0.15) is 46.0 Å². The molecule has 1 saturated carbocycles. The minimum atomic E-state index is 0.418. The lowest BCUT2D eigenvalue weighted by Crippen LogP contribution is -2.56. The number of hydrogen-bond donors (Lipinski definition) is 1. The van der Waals surface area contributed by atoms with Crippen molar-refractivity contribution >= 4 is 0 Å². The predicted molar refractivity (Wildman–Crippen MR) is 64.7 cm³/mol. The molecule has 2 aliphatic rings. The largest absolute Gasteiger partial charge is 0.326 e. The molecule has 0 spiro atoms. The molecule has 2 N–H and O–H groups in total. The van der Waals surface area contributed by atoms with E-state index in [1.54, 1.807) is 0 Å². The molecule has 0 radical (unpaired) electrons. The van der Waals surface area contributed by atoms with E-state index >= 15 is 0 Å². The normalized spacial score (nSPS) is 44.2. The number of nitrogens with two attached hydrogens (primary N) is 1. The lowest BCUT2D eigenvalue weighted by molar-refractivity contribution is 0.0605. The van der Waals surface area contributed by atoms with Crippen molar-refractivity contribution in [3.05, 3.63) is 0 Å². The summed E-state index contributed by atoms with van der Waals surface area (Å²) in [5, 5.41) is 0. The summed E-state index contributed by atoms with van der Waals surface area (Å²) >= 11 is 0. The average molecular weight is 210 g/mol. The number of nitrogens with zero attached hydrogens (tertiary/aromatic N) is 1. The minimum Gasteiger partial charge on any atom is -0.326 e. The van der Waals surface area contributed by atoms with E-state index in [2.05, 4.69) is 18.7 Å². The summed E-state index contributed by atoms with van der Waals surface area (Å²) in [7, 11) is 0. The molecule has 1 heterocycles. The highest BCUT2D eigenvalue weighted by atomic mass is 15.2. The van der Waals surface area contributed by atoms with Crippen molar-refractivity contribution in [3.63, 3.8) is 0 Å². The quantitative estimate of drug-likeness (QED) is 0.719. The Hall–Kier alpha value is -0.0800. The summed E-state index contributed by atoms with van der Waals surface area (Å²) in [6, 6.07) is 1.09. The van der Waals surface area contributed by atoms with Crippen LogP contribution in [0.4, 0.5) is 0 Å². The Balaban J connectivity index is 1.99. The fourth-order valence-corrected chi connectivity index (χ4v) is 3.74. The summed E-state index contributed by atoms with van der Waals surface area (Å²) in [4.78, 5) is 2.67. The molecule has 0 bridgehead atoms. The van der Waals surface area contributed by atoms with Crippen molar-refractivity contribution in [2.75, 3.05) is 13.1 Å². The van der Waals surface area contributed by atoms with Crippen LogP contribution in [0, 0.1) is 11.8 Å². The number of hydrogen-bond acceptors (Lipinski definition) is 2. The molecule has 0 aromatic carbocycles. The Morgan fingerprint density at radius 2 is 1.67 bits per heavy atom. The topological polar surface area (TPSA) is 29.3 Å². The standard InChI is InChI=1S/C13H26N2/c1-10-8-11(2)13(12(14)9-10)15-6-4-3-5-7-15/h10-13H,3-9,14H2,1-2H3. The highest BCUT2D eigenvalue weighted by molar-refractivity contribution is 4.92. The van der Waals surface area contributed by atoms with Crippen LogP contribution in [0.25, 0.3) is 0 Å². The molecule has 0 aromatic rings. The molecule has 0 amide bonds. The van der Waals surface area contributed by atoms with Gasteiger partial charge in [-0.25, -0.2) is 0 Å². The van der Waals surface area contributed by atoms with Gasteiger partial charge in [0.05, 0.1) is 0 Å². The van der Waals surface area contributed by atoms with Gasteiger partial charge in [-0.2, -0.15) is 0 Å². The van der Waals surface area contributed by atoms with Crippen LogP contribution in [0.2, 0.25) is 0 Å². The van der Waals surface area contributed by atoms with E-state index < -0.39 is 0 Å². The molecule has 1 aliphatic heterocycles. The second-order valence-corrected chi connectivity index (χ2v) is 5.80. The van der Waals surface area contributed by atoms with Crippen LogP contribution in [-0.4, -0.2) is 30.1 Å². The molecule has 2 heteroatoms. The highest BCUT2D eigenvalue weighted by Gasteiger charge is 2.35. The molecule has 2 fully saturated rings. The van der Waals surface area contributed by atoms with Crippen molar-refractivity contribution < 1.29 is 0 Å². The molecule has 88 valence electrons. The van der Waals surface area contributed by atoms with Crippen molar-refractivity contribution in [1.82, 2.24) is 4.90 Å². The molecule has 2 rings (SSSR count). The number of likely N-dealkylation sites (tertiary alicyclic amines) is 1. The molecule has 2 nitrogen and oxygen atoms in total. The molecule has 1 aliphatic carbocycles. The maximum Gasteiger partial charge on any atom is 0.0272 e. The van der Waals surface area contributed by atoms with Gasteiger partial charge in [0.2, 0.25) is 0 Å². The van der Waals surface area contributed by atoms with Crippen molar-refractivity contribution in [2.24, 2.45) is 17.6 Å². The van der Waals surface area contributed by atoms with Crippen molar-refractivity contribution in [1.29, 1.82) is 0 Å². The first-order valence-electron chi connectivity index (χ1n) is 6.68. The summed E-state index contributed by atoms with van der Waals surface area (Å²) in [5.41, 5.74) is 6.35. The van der Waals surface area contributed by atoms with Crippen LogP contribution < -0.4 is 5.73 Å². The molecular weight excluding hydrogens is 184 g/mol. The molecule has 0 aromatic heterocycles. The molecular formula is C13H26N2. The fraction of sp³-hybridized carbons (Fsp3) is 1.00. The van der Waals surface area contributed by atoms with E-state index in [0.29, 0.717) is 12.1 Å². The van der Waals surface area contributed by atoms with E-state index in [4.69, 9.17) is 5.73 Å². The maximum absolute atomic E-state index is 6.35. The summed E-state index contributed by atoms with van der Waals surface area (Å²) in [6.45, 7) is 7.33. The smallest absolute Gasteiger partial charge is 0.0272 e. The van der Waals surface area contributed by atoms with Gasteiger partial charge in [0.25, 0.3) is 0 Å². The zero-order chi connectivity index (χ0) is 10.8. The van der Waals surface area contributed by atoms with Crippen LogP contribution in [0.3, 0.4) is 0 Å². The molecule has 4 unspecified atom stereocenters. The van der Waals surface area contributed by atoms with Gasteiger partial charge in [-0.05, 0) is 50.6 Å². The first-order chi connectivity index (χ1) is 7.18. The van der Waals surface area contributed by atoms with Crippen LogP contribution >= 0.6 is 0 Å². The van der Waals surface area contributed by atoms with Gasteiger partial charge in [0, 0.05) is 12.1 Å².